The first kappa shape index (κ1) is 14.1. The number of hydrogen-bond acceptors (Lipinski definition) is 2. The van der Waals surface area contributed by atoms with E-state index in [-0.39, 0.29) is 19.0 Å². The number of nitrogens with zero attached hydrogens (tertiary/aromatic N) is 2. The van der Waals surface area contributed by atoms with E-state index in [4.69, 9.17) is 5.84 Å². The van der Waals surface area contributed by atoms with Crippen LogP contribution in [0, 0.1) is 5.92 Å². The van der Waals surface area contributed by atoms with Crippen LogP contribution in [-0.2, 0) is 0 Å². The van der Waals surface area contributed by atoms with Crippen molar-refractivity contribution in [2.75, 3.05) is 13.1 Å². The van der Waals surface area contributed by atoms with Crippen molar-refractivity contribution in [3.8, 4) is 0 Å². The van der Waals surface area contributed by atoms with E-state index >= 15 is 0 Å². The van der Waals surface area contributed by atoms with Crippen LogP contribution in [0.1, 0.15) is 26.7 Å². The van der Waals surface area contributed by atoms with Crippen molar-refractivity contribution in [2.45, 2.75) is 38.9 Å². The predicted molar refractivity (Wildman–Crippen MR) is 60.2 cm³/mol. The number of piperidine rings is 1. The molecule has 1 aliphatic heterocycles. The summed E-state index contributed by atoms with van der Waals surface area (Å²) < 4.78 is 37.9. The van der Waals surface area contributed by atoms with Gasteiger partial charge in [0.15, 0.2) is 0 Å². The fraction of sp³-hybridized carbons (Fsp3) is 0.900. The van der Waals surface area contributed by atoms with Gasteiger partial charge in [0, 0.05) is 19.1 Å². The number of nitrogens with two attached hydrogens (primary N) is 1. The van der Waals surface area contributed by atoms with E-state index < -0.39 is 12.1 Å². The van der Waals surface area contributed by atoms with Crippen LogP contribution in [0.15, 0.2) is 4.99 Å². The molecule has 3 N–H and O–H groups in total. The Balaban J connectivity index is 2.71. The second-order valence-corrected chi connectivity index (χ2v) is 4.52. The SMILES string of the molecule is CC(C)N=C(NN)N1CCCC(C(F)(F)F)C1. The summed E-state index contributed by atoms with van der Waals surface area (Å²) in [5, 5.41) is 0. The Labute approximate surface area is 99.0 Å². The average Bonchev–Trinajstić information content (AvgIpc) is 2.24. The second kappa shape index (κ2) is 5.57. The summed E-state index contributed by atoms with van der Waals surface area (Å²) in [6.07, 6.45) is -3.46. The van der Waals surface area contributed by atoms with Crippen LogP contribution < -0.4 is 11.3 Å². The molecule has 1 unspecified atom stereocenters. The average molecular weight is 252 g/mol. The van der Waals surface area contributed by atoms with Crippen molar-refractivity contribution in [1.82, 2.24) is 10.3 Å². The van der Waals surface area contributed by atoms with Gasteiger partial charge in [-0.2, -0.15) is 13.2 Å². The number of nitrogens with one attached hydrogen (secondary N) is 1. The molecule has 1 aliphatic rings. The maximum Gasteiger partial charge on any atom is 0.393 e. The number of alkyl halides is 3. The van der Waals surface area contributed by atoms with Crippen LogP contribution in [0.3, 0.4) is 0 Å². The van der Waals surface area contributed by atoms with Crippen LogP contribution in [0.25, 0.3) is 0 Å². The van der Waals surface area contributed by atoms with Gasteiger partial charge in [0.2, 0.25) is 5.96 Å². The van der Waals surface area contributed by atoms with Gasteiger partial charge in [-0.1, -0.05) is 0 Å². The summed E-state index contributed by atoms with van der Waals surface area (Å²) in [6, 6.07) is -0.00712. The molecule has 0 saturated carbocycles. The third-order valence-corrected chi connectivity index (χ3v) is 2.69. The van der Waals surface area contributed by atoms with Gasteiger partial charge in [0.25, 0.3) is 0 Å². The van der Waals surface area contributed by atoms with E-state index in [1.165, 1.54) is 0 Å². The minimum atomic E-state index is -4.14. The molecule has 0 aromatic rings. The van der Waals surface area contributed by atoms with Crippen molar-refractivity contribution in [1.29, 1.82) is 0 Å². The molecule has 1 fully saturated rings. The van der Waals surface area contributed by atoms with Gasteiger partial charge in [0.1, 0.15) is 0 Å². The van der Waals surface area contributed by atoms with Gasteiger partial charge < -0.3 is 4.90 Å². The van der Waals surface area contributed by atoms with Crippen LogP contribution in [0.2, 0.25) is 0 Å². The molecule has 0 bridgehead atoms. The zero-order chi connectivity index (χ0) is 13.1. The van der Waals surface area contributed by atoms with E-state index in [2.05, 4.69) is 10.4 Å². The van der Waals surface area contributed by atoms with Crippen molar-refractivity contribution >= 4 is 5.96 Å². The molecule has 0 aliphatic carbocycles. The summed E-state index contributed by atoms with van der Waals surface area (Å²) in [4.78, 5) is 5.75. The molecule has 0 aromatic carbocycles. The quantitative estimate of drug-likeness (QED) is 0.322. The van der Waals surface area contributed by atoms with Gasteiger partial charge >= 0.3 is 6.18 Å². The molecule has 0 amide bonds. The third kappa shape index (κ3) is 4.07. The highest BCUT2D eigenvalue weighted by Gasteiger charge is 2.42. The van der Waals surface area contributed by atoms with Crippen LogP contribution in [0.4, 0.5) is 13.2 Å². The molecule has 7 heteroatoms. The monoisotopic (exact) mass is 252 g/mol. The Hall–Kier alpha value is -0.980. The maximum absolute atomic E-state index is 12.6. The minimum absolute atomic E-state index is 0.00712. The number of likely N-dealkylation sites (tertiary alicyclic amines) is 1. The van der Waals surface area contributed by atoms with E-state index in [0.29, 0.717) is 18.9 Å². The second-order valence-electron chi connectivity index (χ2n) is 4.52. The Kier molecular flexibility index (Phi) is 4.62. The highest BCUT2D eigenvalue weighted by atomic mass is 19.4. The first-order valence-corrected chi connectivity index (χ1v) is 5.70. The van der Waals surface area contributed by atoms with Crippen LogP contribution in [-0.4, -0.2) is 36.2 Å². The number of rotatable bonds is 1. The number of hydrogen-bond donors (Lipinski definition) is 2. The molecule has 1 heterocycles. The molecule has 1 rings (SSSR count). The highest BCUT2D eigenvalue weighted by molar-refractivity contribution is 5.79. The molecule has 17 heavy (non-hydrogen) atoms. The third-order valence-electron chi connectivity index (χ3n) is 2.69. The van der Waals surface area contributed by atoms with Gasteiger partial charge in [0.05, 0.1) is 5.92 Å². The number of hydrazine groups is 1. The molecule has 0 radical (unpaired) electrons. The minimum Gasteiger partial charge on any atom is -0.341 e. The predicted octanol–water partition coefficient (Wildman–Crippen LogP) is 1.49. The van der Waals surface area contributed by atoms with Crippen LogP contribution in [0.5, 0.6) is 0 Å². The number of aliphatic imine (C=N–C) groups is 1. The van der Waals surface area contributed by atoms with Gasteiger partial charge in [-0.15, -0.1) is 0 Å². The fourth-order valence-electron chi connectivity index (χ4n) is 1.89. The molecule has 100 valence electrons. The summed E-state index contributed by atoms with van der Waals surface area (Å²) in [7, 11) is 0. The Morgan fingerprint density at radius 2 is 2.12 bits per heavy atom. The summed E-state index contributed by atoms with van der Waals surface area (Å²) >= 11 is 0. The first-order valence-electron chi connectivity index (χ1n) is 5.70. The molecule has 0 spiro atoms. The van der Waals surface area contributed by atoms with Gasteiger partial charge in [-0.05, 0) is 26.7 Å². The molecule has 4 nitrogen and oxygen atoms in total. The zero-order valence-electron chi connectivity index (χ0n) is 10.1. The topological polar surface area (TPSA) is 53.6 Å². The lowest BCUT2D eigenvalue weighted by Gasteiger charge is -2.35. The van der Waals surface area contributed by atoms with Crippen molar-refractivity contribution in [2.24, 2.45) is 16.8 Å². The highest BCUT2D eigenvalue weighted by Crippen LogP contribution is 2.33. The summed E-state index contributed by atoms with van der Waals surface area (Å²) in [5.74, 6) is 4.35. The van der Waals surface area contributed by atoms with Crippen LogP contribution >= 0.6 is 0 Å². The maximum atomic E-state index is 12.6. The standard InChI is InChI=1S/C10H19F3N4/c1-7(2)15-9(16-14)17-5-3-4-8(6-17)10(11,12)13/h7-8H,3-6,14H2,1-2H3,(H,15,16). The Morgan fingerprint density at radius 3 is 2.59 bits per heavy atom. The number of halogens is 3. The van der Waals surface area contributed by atoms with Gasteiger partial charge in [-0.3, -0.25) is 5.43 Å². The van der Waals surface area contributed by atoms with Crippen molar-refractivity contribution < 1.29 is 13.2 Å². The van der Waals surface area contributed by atoms with E-state index in [1.54, 1.807) is 4.90 Å². The fourth-order valence-corrected chi connectivity index (χ4v) is 1.89. The Bertz CT molecular complexity index is 275. The Morgan fingerprint density at radius 1 is 1.47 bits per heavy atom. The molecular formula is C10H19F3N4. The first-order chi connectivity index (χ1) is 7.84. The molecule has 0 aromatic heterocycles. The lowest BCUT2D eigenvalue weighted by atomic mass is 9.98. The largest absolute Gasteiger partial charge is 0.393 e. The summed E-state index contributed by atoms with van der Waals surface area (Å²) in [5.41, 5.74) is 2.38. The lowest BCUT2D eigenvalue weighted by molar-refractivity contribution is -0.183. The van der Waals surface area contributed by atoms with E-state index in [0.717, 1.165) is 0 Å². The molecule has 1 atom stereocenters. The lowest BCUT2D eigenvalue weighted by Crippen LogP contribution is -2.51. The van der Waals surface area contributed by atoms with Crippen molar-refractivity contribution in [3.05, 3.63) is 0 Å². The van der Waals surface area contributed by atoms with E-state index in [1.807, 2.05) is 13.8 Å². The van der Waals surface area contributed by atoms with Gasteiger partial charge in [-0.25, -0.2) is 10.8 Å². The smallest absolute Gasteiger partial charge is 0.341 e. The zero-order valence-corrected chi connectivity index (χ0v) is 10.1. The van der Waals surface area contributed by atoms with Crippen molar-refractivity contribution in [3.63, 3.8) is 0 Å². The number of guanidine groups is 1. The van der Waals surface area contributed by atoms with E-state index in [9.17, 15) is 13.2 Å². The molecule has 1 saturated heterocycles. The molecular weight excluding hydrogens is 233 g/mol. The summed E-state index contributed by atoms with van der Waals surface area (Å²) in [6.45, 7) is 4.19. The normalized spacial score (nSPS) is 23.1.